The lowest BCUT2D eigenvalue weighted by Crippen LogP contribution is -2.11. The smallest absolute Gasteiger partial charge is 0.255 e. The number of anilines is 1. The molecule has 1 amide bonds. The van der Waals surface area contributed by atoms with Gasteiger partial charge in [0.1, 0.15) is 16.9 Å². The number of hydrogen-bond acceptors (Lipinski definition) is 6. The zero-order chi connectivity index (χ0) is 27.1. The van der Waals surface area contributed by atoms with E-state index in [0.717, 1.165) is 51.0 Å². The van der Waals surface area contributed by atoms with E-state index >= 15 is 0 Å². The van der Waals surface area contributed by atoms with Crippen LogP contribution in [0.5, 0.6) is 0 Å². The summed E-state index contributed by atoms with van der Waals surface area (Å²) in [5.41, 5.74) is 7.81. The lowest BCUT2D eigenvalue weighted by molar-refractivity contribution is 0.102. The van der Waals surface area contributed by atoms with Crippen molar-refractivity contribution in [2.45, 2.75) is 6.92 Å². The number of H-pyrrole nitrogens is 2. The van der Waals surface area contributed by atoms with E-state index in [1.807, 2.05) is 48.5 Å². The van der Waals surface area contributed by atoms with Crippen LogP contribution in [0.2, 0.25) is 0 Å². The fraction of sp³-hybridized carbons (Fsp3) is 0.0968. The number of nitrogens with zero attached hydrogens (tertiary/aromatic N) is 5. The van der Waals surface area contributed by atoms with Gasteiger partial charge in [-0.05, 0) is 54.0 Å². The fourth-order valence-electron chi connectivity index (χ4n) is 4.83. The maximum atomic E-state index is 12.6. The molecule has 4 aromatic heterocycles. The van der Waals surface area contributed by atoms with Gasteiger partial charge in [0.15, 0.2) is 5.82 Å². The van der Waals surface area contributed by atoms with Crippen molar-refractivity contribution in [3.05, 3.63) is 103 Å². The Bertz CT molecular complexity index is 1950. The molecular formula is C31H24N8O. The predicted molar refractivity (Wildman–Crippen MR) is 156 cm³/mol. The number of pyridine rings is 2. The van der Waals surface area contributed by atoms with Gasteiger partial charge in [0.2, 0.25) is 0 Å². The predicted octanol–water partition coefficient (Wildman–Crippen LogP) is 5.81. The van der Waals surface area contributed by atoms with E-state index in [1.165, 1.54) is 0 Å². The van der Waals surface area contributed by atoms with Crippen LogP contribution in [0.4, 0.5) is 5.69 Å². The number of aromatic amines is 2. The molecule has 0 bridgehead atoms. The van der Waals surface area contributed by atoms with Crippen molar-refractivity contribution >= 4 is 39.2 Å². The summed E-state index contributed by atoms with van der Waals surface area (Å²) in [6.07, 6.45) is 9.35. The molecule has 1 aliphatic heterocycles. The molecule has 0 saturated heterocycles. The lowest BCUT2D eigenvalue weighted by atomic mass is 10.0. The molecule has 0 aliphatic carbocycles. The maximum absolute atomic E-state index is 12.6. The van der Waals surface area contributed by atoms with Gasteiger partial charge < -0.3 is 10.3 Å². The quantitative estimate of drug-likeness (QED) is 0.262. The minimum atomic E-state index is -0.185. The standard InChI is InChI=1S/C31H24N8O/c1-18-7-9-25(34-15-18)28-29-26(11-12-33-28)36-30(37-29)27-23-14-20(8-10-24(23)38-39-27)21-13-22(17-32-16-21)35-31(40)19-5-3-2-4-6-19/h2-14,16-18H,15H2,1H3,(H,35,40)(H,36,37)(H,38,39). The molecule has 1 aliphatic rings. The Morgan fingerprint density at radius 2 is 1.88 bits per heavy atom. The highest BCUT2D eigenvalue weighted by atomic mass is 16.1. The number of carbonyl (C=O) groups is 1. The largest absolute Gasteiger partial charge is 0.336 e. The Morgan fingerprint density at radius 3 is 2.73 bits per heavy atom. The van der Waals surface area contributed by atoms with Crippen LogP contribution in [0.25, 0.3) is 44.6 Å². The number of aromatic nitrogens is 6. The van der Waals surface area contributed by atoms with Crippen LogP contribution in [0, 0.1) is 5.92 Å². The first-order valence-electron chi connectivity index (χ1n) is 13.0. The van der Waals surface area contributed by atoms with E-state index in [0.29, 0.717) is 28.7 Å². The third-order valence-corrected chi connectivity index (χ3v) is 6.93. The molecule has 1 atom stereocenters. The summed E-state index contributed by atoms with van der Waals surface area (Å²) in [5, 5.41) is 11.5. The van der Waals surface area contributed by atoms with Crippen LogP contribution in [-0.2, 0) is 0 Å². The van der Waals surface area contributed by atoms with Gasteiger partial charge in [0.05, 0.1) is 28.6 Å². The molecule has 2 aromatic carbocycles. The number of dihydropyridines is 1. The number of carbonyl (C=O) groups excluding carboxylic acids is 1. The third kappa shape index (κ3) is 4.33. The molecule has 0 saturated carbocycles. The highest BCUT2D eigenvalue weighted by molar-refractivity contribution is 6.14. The molecule has 194 valence electrons. The van der Waals surface area contributed by atoms with E-state index in [2.05, 4.69) is 49.5 Å². The molecule has 0 fully saturated rings. The van der Waals surface area contributed by atoms with E-state index in [9.17, 15) is 4.79 Å². The van der Waals surface area contributed by atoms with Crippen molar-refractivity contribution in [1.29, 1.82) is 0 Å². The monoisotopic (exact) mass is 524 g/mol. The minimum absolute atomic E-state index is 0.185. The number of aliphatic imine (C=N–C) groups is 1. The molecule has 9 heteroatoms. The van der Waals surface area contributed by atoms with Crippen molar-refractivity contribution < 1.29 is 4.79 Å². The van der Waals surface area contributed by atoms with Crippen molar-refractivity contribution in [2.75, 3.05) is 11.9 Å². The molecule has 0 radical (unpaired) electrons. The molecule has 40 heavy (non-hydrogen) atoms. The first kappa shape index (κ1) is 23.7. The van der Waals surface area contributed by atoms with Gasteiger partial charge in [0.25, 0.3) is 5.91 Å². The topological polar surface area (TPSA) is 125 Å². The fourth-order valence-corrected chi connectivity index (χ4v) is 4.83. The van der Waals surface area contributed by atoms with E-state index in [4.69, 9.17) is 9.98 Å². The average Bonchev–Trinajstić information content (AvgIpc) is 3.62. The summed E-state index contributed by atoms with van der Waals surface area (Å²) < 4.78 is 0. The Balaban J connectivity index is 1.23. The molecule has 1 unspecified atom stereocenters. The normalized spacial score (nSPS) is 14.9. The lowest BCUT2D eigenvalue weighted by Gasteiger charge is -2.10. The zero-order valence-corrected chi connectivity index (χ0v) is 21.6. The Morgan fingerprint density at radius 1 is 0.975 bits per heavy atom. The summed E-state index contributed by atoms with van der Waals surface area (Å²) in [6, 6.07) is 19.0. The second kappa shape index (κ2) is 9.70. The highest BCUT2D eigenvalue weighted by Gasteiger charge is 2.18. The number of imidazole rings is 1. The Labute approximate surface area is 229 Å². The average molecular weight is 525 g/mol. The van der Waals surface area contributed by atoms with Gasteiger partial charge in [-0.2, -0.15) is 5.10 Å². The number of nitrogens with one attached hydrogen (secondary N) is 3. The van der Waals surface area contributed by atoms with Gasteiger partial charge in [-0.25, -0.2) is 4.98 Å². The maximum Gasteiger partial charge on any atom is 0.255 e. The van der Waals surface area contributed by atoms with Crippen LogP contribution in [-0.4, -0.2) is 48.3 Å². The number of fused-ring (bicyclic) bond motifs is 2. The van der Waals surface area contributed by atoms with Gasteiger partial charge in [-0.1, -0.05) is 37.3 Å². The van der Waals surface area contributed by atoms with Crippen LogP contribution >= 0.6 is 0 Å². The third-order valence-electron chi connectivity index (χ3n) is 6.93. The molecule has 3 N–H and O–H groups in total. The zero-order valence-electron chi connectivity index (χ0n) is 21.6. The summed E-state index contributed by atoms with van der Waals surface area (Å²) in [7, 11) is 0. The van der Waals surface area contributed by atoms with Crippen molar-refractivity contribution in [2.24, 2.45) is 10.9 Å². The van der Waals surface area contributed by atoms with Crippen LogP contribution in [0.3, 0.4) is 0 Å². The van der Waals surface area contributed by atoms with Crippen LogP contribution in [0.15, 0.2) is 96.4 Å². The van der Waals surface area contributed by atoms with E-state index < -0.39 is 0 Å². The summed E-state index contributed by atoms with van der Waals surface area (Å²) in [5.74, 6) is 0.872. The molecule has 9 nitrogen and oxygen atoms in total. The van der Waals surface area contributed by atoms with E-state index in [1.54, 1.807) is 30.7 Å². The van der Waals surface area contributed by atoms with Crippen LogP contribution < -0.4 is 5.32 Å². The summed E-state index contributed by atoms with van der Waals surface area (Å²) in [4.78, 5) is 34.6. The number of allylic oxidation sites excluding steroid dienone is 1. The van der Waals surface area contributed by atoms with Crippen molar-refractivity contribution in [3.63, 3.8) is 0 Å². The van der Waals surface area contributed by atoms with Crippen molar-refractivity contribution in [1.82, 2.24) is 30.1 Å². The van der Waals surface area contributed by atoms with Crippen molar-refractivity contribution in [3.8, 4) is 22.6 Å². The number of benzene rings is 2. The Hall–Kier alpha value is -5.44. The molecule has 0 spiro atoms. The summed E-state index contributed by atoms with van der Waals surface area (Å²) >= 11 is 0. The second-order valence-electron chi connectivity index (χ2n) is 9.82. The number of amides is 1. The first-order chi connectivity index (χ1) is 19.6. The highest BCUT2D eigenvalue weighted by Crippen LogP contribution is 2.31. The van der Waals surface area contributed by atoms with Gasteiger partial charge in [-0.15, -0.1) is 0 Å². The van der Waals surface area contributed by atoms with Gasteiger partial charge in [0, 0.05) is 35.5 Å². The van der Waals surface area contributed by atoms with Crippen LogP contribution in [0.1, 0.15) is 23.0 Å². The Kier molecular flexibility index (Phi) is 5.74. The van der Waals surface area contributed by atoms with Gasteiger partial charge >= 0.3 is 0 Å². The number of rotatable bonds is 5. The minimum Gasteiger partial charge on any atom is -0.336 e. The van der Waals surface area contributed by atoms with E-state index in [-0.39, 0.29) is 5.91 Å². The number of hydrogen-bond donors (Lipinski definition) is 3. The molecule has 7 rings (SSSR count). The SMILES string of the molecule is CC1C=CC(c2nccc3[nH]c(-c4n[nH]c5ccc(-c6cncc(NC(=O)c7ccccc7)c6)cc45)nc23)=NC1. The second-order valence-corrected chi connectivity index (χ2v) is 9.82. The first-order valence-corrected chi connectivity index (χ1v) is 13.0. The summed E-state index contributed by atoms with van der Waals surface area (Å²) in [6.45, 7) is 2.88. The van der Waals surface area contributed by atoms with Gasteiger partial charge in [-0.3, -0.25) is 24.9 Å². The molecule has 6 aromatic rings. The molecule has 5 heterocycles. The molecular weight excluding hydrogens is 500 g/mol.